The van der Waals surface area contributed by atoms with Gasteiger partial charge in [0.1, 0.15) is 17.3 Å². The highest BCUT2D eigenvalue weighted by atomic mass is 16.5. The minimum Gasteiger partial charge on any atom is -0.497 e. The summed E-state index contributed by atoms with van der Waals surface area (Å²) in [5.41, 5.74) is 3.98. The molecule has 30 heavy (non-hydrogen) atoms. The molecule has 2 atom stereocenters. The smallest absolute Gasteiger partial charge is 0.251 e. The number of imidazole rings is 1. The summed E-state index contributed by atoms with van der Waals surface area (Å²) in [7, 11) is 5.26. The molecular formula is C24H29N3O3. The van der Waals surface area contributed by atoms with E-state index in [1.807, 2.05) is 0 Å². The standard InChI is InChI=1S/C24H29N3O3/c1-15-8-9-21-22(10-15)27(2)23(26-21)16-6-5-7-18(11-16)25-24(28)17-12-19(29-3)14-20(13-17)30-4/h8-10,12-14,16,18H,5-7,11H2,1-4H3,(H,25,28). The average molecular weight is 408 g/mol. The van der Waals surface area contributed by atoms with Crippen LogP contribution in [-0.2, 0) is 7.05 Å². The van der Waals surface area contributed by atoms with Crippen LogP contribution in [0.3, 0.4) is 0 Å². The maximum Gasteiger partial charge on any atom is 0.251 e. The van der Waals surface area contributed by atoms with Gasteiger partial charge in [-0.25, -0.2) is 4.98 Å². The van der Waals surface area contributed by atoms with Gasteiger partial charge >= 0.3 is 0 Å². The third-order valence-electron chi connectivity index (χ3n) is 6.06. The number of hydrogen-bond acceptors (Lipinski definition) is 4. The van der Waals surface area contributed by atoms with Gasteiger partial charge in [-0.1, -0.05) is 12.5 Å². The minimum absolute atomic E-state index is 0.0986. The number of carbonyl (C=O) groups is 1. The van der Waals surface area contributed by atoms with Gasteiger partial charge in [-0.05, 0) is 56.0 Å². The number of aromatic nitrogens is 2. The van der Waals surface area contributed by atoms with Crippen molar-refractivity contribution in [1.82, 2.24) is 14.9 Å². The lowest BCUT2D eigenvalue weighted by atomic mass is 9.85. The number of aryl methyl sites for hydroxylation is 2. The predicted octanol–water partition coefficient (Wildman–Crippen LogP) is 4.36. The molecule has 1 amide bonds. The minimum atomic E-state index is -0.0986. The van der Waals surface area contributed by atoms with Crippen LogP contribution in [-0.4, -0.2) is 35.7 Å². The van der Waals surface area contributed by atoms with Crippen molar-refractivity contribution in [2.45, 2.75) is 44.6 Å². The van der Waals surface area contributed by atoms with Crippen molar-refractivity contribution in [2.24, 2.45) is 7.05 Å². The van der Waals surface area contributed by atoms with Crippen molar-refractivity contribution >= 4 is 16.9 Å². The van der Waals surface area contributed by atoms with E-state index in [1.165, 1.54) is 11.1 Å². The number of fused-ring (bicyclic) bond motifs is 1. The zero-order chi connectivity index (χ0) is 21.3. The van der Waals surface area contributed by atoms with Gasteiger partial charge in [-0.2, -0.15) is 0 Å². The van der Waals surface area contributed by atoms with Crippen LogP contribution in [0.1, 0.15) is 53.3 Å². The van der Waals surface area contributed by atoms with Gasteiger partial charge in [0, 0.05) is 30.6 Å². The molecule has 0 radical (unpaired) electrons. The maximum atomic E-state index is 12.9. The van der Waals surface area contributed by atoms with E-state index in [0.717, 1.165) is 37.0 Å². The van der Waals surface area contributed by atoms with Gasteiger partial charge in [0.25, 0.3) is 5.91 Å². The summed E-state index contributed by atoms with van der Waals surface area (Å²) in [6, 6.07) is 11.7. The number of nitrogens with one attached hydrogen (secondary N) is 1. The first-order chi connectivity index (χ1) is 14.5. The summed E-state index contributed by atoms with van der Waals surface area (Å²) in [5.74, 6) is 2.56. The van der Waals surface area contributed by atoms with Crippen LogP contribution in [0.15, 0.2) is 36.4 Å². The molecule has 158 valence electrons. The number of nitrogens with zero attached hydrogens (tertiary/aromatic N) is 2. The van der Waals surface area contributed by atoms with Crippen molar-refractivity contribution in [3.63, 3.8) is 0 Å². The molecule has 1 heterocycles. The largest absolute Gasteiger partial charge is 0.497 e. The van der Waals surface area contributed by atoms with Gasteiger partial charge in [0.05, 0.1) is 25.3 Å². The predicted molar refractivity (Wildman–Crippen MR) is 117 cm³/mol. The van der Waals surface area contributed by atoms with Gasteiger partial charge in [-0.3, -0.25) is 4.79 Å². The highest BCUT2D eigenvalue weighted by molar-refractivity contribution is 5.95. The molecule has 1 aliphatic rings. The van der Waals surface area contributed by atoms with E-state index in [0.29, 0.717) is 23.0 Å². The molecule has 2 aromatic carbocycles. The maximum absolute atomic E-state index is 12.9. The molecule has 1 aromatic heterocycles. The van der Waals surface area contributed by atoms with Gasteiger partial charge < -0.3 is 19.4 Å². The average Bonchev–Trinajstić information content (AvgIpc) is 3.09. The lowest BCUT2D eigenvalue weighted by Gasteiger charge is -2.29. The van der Waals surface area contributed by atoms with Crippen LogP contribution in [0.25, 0.3) is 11.0 Å². The first kappa shape index (κ1) is 20.3. The van der Waals surface area contributed by atoms with Crippen LogP contribution in [0.2, 0.25) is 0 Å². The Morgan fingerprint density at radius 1 is 1.10 bits per heavy atom. The summed E-state index contributed by atoms with van der Waals surface area (Å²) in [6.07, 6.45) is 4.03. The molecule has 0 bridgehead atoms. The molecule has 2 unspecified atom stereocenters. The molecule has 0 saturated heterocycles. The SMILES string of the molecule is COc1cc(OC)cc(C(=O)NC2CCCC(c3nc4ccc(C)cc4n3C)C2)c1. The Hall–Kier alpha value is -3.02. The lowest BCUT2D eigenvalue weighted by molar-refractivity contribution is 0.0923. The van der Waals surface area contributed by atoms with E-state index in [9.17, 15) is 4.79 Å². The highest BCUT2D eigenvalue weighted by Gasteiger charge is 2.28. The zero-order valence-electron chi connectivity index (χ0n) is 18.1. The van der Waals surface area contributed by atoms with Gasteiger partial charge in [0.2, 0.25) is 0 Å². The van der Waals surface area contributed by atoms with E-state index in [1.54, 1.807) is 32.4 Å². The van der Waals surface area contributed by atoms with Crippen LogP contribution in [0.5, 0.6) is 11.5 Å². The molecule has 1 aliphatic carbocycles. The Bertz CT molecular complexity index is 1050. The van der Waals surface area contributed by atoms with Gasteiger partial charge in [0.15, 0.2) is 0 Å². The first-order valence-electron chi connectivity index (χ1n) is 10.5. The normalized spacial score (nSPS) is 18.9. The summed E-state index contributed by atoms with van der Waals surface area (Å²) in [4.78, 5) is 17.8. The molecule has 0 spiro atoms. The molecular weight excluding hydrogens is 378 g/mol. The summed E-state index contributed by atoms with van der Waals surface area (Å²) >= 11 is 0. The third-order valence-corrected chi connectivity index (χ3v) is 6.06. The van der Waals surface area contributed by atoms with Crippen molar-refractivity contribution in [2.75, 3.05) is 14.2 Å². The number of hydrogen-bond donors (Lipinski definition) is 1. The molecule has 0 aliphatic heterocycles. The lowest BCUT2D eigenvalue weighted by Crippen LogP contribution is -2.38. The van der Waals surface area contributed by atoms with E-state index >= 15 is 0 Å². The second kappa shape index (κ2) is 8.38. The quantitative estimate of drug-likeness (QED) is 0.683. The first-order valence-corrected chi connectivity index (χ1v) is 10.5. The summed E-state index contributed by atoms with van der Waals surface area (Å²) < 4.78 is 12.8. The van der Waals surface area contributed by atoms with Crippen LogP contribution in [0, 0.1) is 6.92 Å². The molecule has 6 heteroatoms. The summed E-state index contributed by atoms with van der Waals surface area (Å²) in [5, 5.41) is 3.21. The Balaban J connectivity index is 1.51. The molecule has 3 aromatic rings. The zero-order valence-corrected chi connectivity index (χ0v) is 18.1. The fourth-order valence-corrected chi connectivity index (χ4v) is 4.45. The molecule has 1 saturated carbocycles. The molecule has 6 nitrogen and oxygen atoms in total. The number of benzene rings is 2. The Labute approximate surface area is 177 Å². The molecule has 1 fully saturated rings. The van der Waals surface area contributed by atoms with Crippen LogP contribution >= 0.6 is 0 Å². The molecule has 1 N–H and O–H groups in total. The fraction of sp³-hybridized carbons (Fsp3) is 0.417. The van der Waals surface area contributed by atoms with Crippen LogP contribution < -0.4 is 14.8 Å². The number of rotatable bonds is 5. The topological polar surface area (TPSA) is 65.4 Å². The number of amides is 1. The van der Waals surface area contributed by atoms with Crippen LogP contribution in [0.4, 0.5) is 0 Å². The monoisotopic (exact) mass is 407 g/mol. The Kier molecular flexibility index (Phi) is 5.66. The van der Waals surface area contributed by atoms with E-state index < -0.39 is 0 Å². The second-order valence-electron chi connectivity index (χ2n) is 8.16. The Morgan fingerprint density at radius 3 is 2.53 bits per heavy atom. The van der Waals surface area contributed by atoms with Gasteiger partial charge in [-0.15, -0.1) is 0 Å². The number of ether oxygens (including phenoxy) is 2. The third kappa shape index (κ3) is 3.99. The van der Waals surface area contributed by atoms with Crippen molar-refractivity contribution in [3.05, 3.63) is 53.3 Å². The number of carbonyl (C=O) groups excluding carboxylic acids is 1. The van der Waals surface area contributed by atoms with Crippen molar-refractivity contribution in [3.8, 4) is 11.5 Å². The highest BCUT2D eigenvalue weighted by Crippen LogP contribution is 2.34. The van der Waals surface area contributed by atoms with E-state index in [-0.39, 0.29) is 11.9 Å². The van der Waals surface area contributed by atoms with E-state index in [4.69, 9.17) is 14.5 Å². The number of methoxy groups -OCH3 is 2. The van der Waals surface area contributed by atoms with Crippen molar-refractivity contribution in [1.29, 1.82) is 0 Å². The second-order valence-corrected chi connectivity index (χ2v) is 8.16. The van der Waals surface area contributed by atoms with Crippen molar-refractivity contribution < 1.29 is 14.3 Å². The molecule has 4 rings (SSSR count). The fourth-order valence-electron chi connectivity index (χ4n) is 4.45. The summed E-state index contributed by atoms with van der Waals surface area (Å²) in [6.45, 7) is 2.10. The Morgan fingerprint density at radius 2 is 1.83 bits per heavy atom. The van der Waals surface area contributed by atoms with E-state index in [2.05, 4.69) is 42.1 Å².